The molecule has 5 rings (SSSR count). The maximum absolute atomic E-state index is 10.3. The average molecular weight is 470 g/mol. The van der Waals surface area contributed by atoms with E-state index in [4.69, 9.17) is 9.26 Å². The fraction of sp³-hybridized carbons (Fsp3) is 0.750. The number of aliphatic hydroxyl groups is 1. The van der Waals surface area contributed by atoms with E-state index < -0.39 is 0 Å². The van der Waals surface area contributed by atoms with Crippen molar-refractivity contribution in [1.29, 1.82) is 0 Å². The lowest BCUT2D eigenvalue weighted by molar-refractivity contribution is 0.0380. The lowest BCUT2D eigenvalue weighted by Crippen LogP contribution is -2.41. The number of benzene rings is 1. The summed E-state index contributed by atoms with van der Waals surface area (Å²) in [5.41, 5.74) is 3.12. The van der Waals surface area contributed by atoms with Crippen molar-refractivity contribution in [3.8, 4) is 5.75 Å². The highest BCUT2D eigenvalue weighted by atomic mass is 16.5. The van der Waals surface area contributed by atoms with Gasteiger partial charge in [-0.2, -0.15) is 0 Å². The number of nitrogens with zero attached hydrogens (tertiary/aromatic N) is 3. The molecule has 2 heterocycles. The first-order valence-electron chi connectivity index (χ1n) is 13.6. The van der Waals surface area contributed by atoms with Crippen LogP contribution >= 0.6 is 0 Å². The van der Waals surface area contributed by atoms with Crippen molar-refractivity contribution in [2.45, 2.75) is 76.9 Å². The Morgan fingerprint density at radius 3 is 2.59 bits per heavy atom. The first kappa shape index (κ1) is 24.1. The van der Waals surface area contributed by atoms with Crippen molar-refractivity contribution >= 4 is 11.0 Å². The lowest BCUT2D eigenvalue weighted by atomic mass is 9.85. The first-order chi connectivity index (χ1) is 16.6. The van der Waals surface area contributed by atoms with E-state index in [1.54, 1.807) is 0 Å². The van der Waals surface area contributed by atoms with Crippen LogP contribution in [0, 0.1) is 17.8 Å². The highest BCUT2D eigenvalue weighted by molar-refractivity contribution is 5.84. The van der Waals surface area contributed by atoms with E-state index in [2.05, 4.69) is 41.2 Å². The van der Waals surface area contributed by atoms with Crippen molar-refractivity contribution in [3.63, 3.8) is 0 Å². The second-order valence-electron chi connectivity index (χ2n) is 11.4. The molecule has 34 heavy (non-hydrogen) atoms. The molecule has 2 aromatic rings. The van der Waals surface area contributed by atoms with Gasteiger partial charge in [0, 0.05) is 18.5 Å². The number of aliphatic hydroxyl groups excluding tert-OH is 1. The Morgan fingerprint density at radius 1 is 1.06 bits per heavy atom. The summed E-state index contributed by atoms with van der Waals surface area (Å²) in [6.07, 6.45) is 11.8. The molecule has 2 saturated carbocycles. The fourth-order valence-corrected chi connectivity index (χ4v) is 5.90. The maximum atomic E-state index is 10.3. The number of hydrogen-bond donors (Lipinski definition) is 1. The minimum absolute atomic E-state index is 0.0797. The Balaban J connectivity index is 1.16. The molecule has 2 aliphatic carbocycles. The van der Waals surface area contributed by atoms with Gasteiger partial charge < -0.3 is 24.2 Å². The van der Waals surface area contributed by atoms with E-state index >= 15 is 0 Å². The van der Waals surface area contributed by atoms with Crippen LogP contribution < -0.4 is 4.74 Å². The molecule has 2 atom stereocenters. The number of aryl methyl sites for hydroxylation is 1. The molecule has 1 saturated heterocycles. The van der Waals surface area contributed by atoms with Crippen molar-refractivity contribution < 1.29 is 14.4 Å². The van der Waals surface area contributed by atoms with Gasteiger partial charge in [-0.15, -0.1) is 0 Å². The number of aromatic nitrogens is 1. The molecular weight excluding hydrogens is 426 g/mol. The number of hydrogen-bond acceptors (Lipinski definition) is 6. The van der Waals surface area contributed by atoms with Crippen LogP contribution in [0.15, 0.2) is 16.7 Å². The smallest absolute Gasteiger partial charge is 0.175 e. The number of rotatable bonds is 10. The molecule has 3 fully saturated rings. The highest BCUT2D eigenvalue weighted by Gasteiger charge is 2.28. The van der Waals surface area contributed by atoms with E-state index in [0.29, 0.717) is 5.92 Å². The number of ether oxygens (including phenoxy) is 1. The molecule has 0 spiro atoms. The van der Waals surface area contributed by atoms with Crippen LogP contribution in [0.4, 0.5) is 0 Å². The third kappa shape index (κ3) is 5.95. The molecule has 0 amide bonds. The van der Waals surface area contributed by atoms with Crippen LogP contribution in [-0.4, -0.2) is 66.5 Å². The van der Waals surface area contributed by atoms with Crippen LogP contribution in [0.1, 0.15) is 69.0 Å². The van der Waals surface area contributed by atoms with Crippen LogP contribution in [-0.2, 0) is 13.0 Å². The summed E-state index contributed by atoms with van der Waals surface area (Å²) < 4.78 is 12.1. The molecule has 1 aliphatic heterocycles. The molecule has 6 nitrogen and oxygen atoms in total. The molecule has 1 aromatic carbocycles. The van der Waals surface area contributed by atoms with Crippen molar-refractivity contribution in [3.05, 3.63) is 23.4 Å². The van der Waals surface area contributed by atoms with Gasteiger partial charge in [0.25, 0.3) is 0 Å². The normalized spacial score (nSPS) is 24.8. The van der Waals surface area contributed by atoms with Gasteiger partial charge in [-0.05, 0) is 108 Å². The van der Waals surface area contributed by atoms with Crippen LogP contribution in [0.25, 0.3) is 11.0 Å². The second-order valence-corrected chi connectivity index (χ2v) is 11.4. The minimum atomic E-state index is -0.0797. The molecule has 1 aromatic heterocycles. The summed E-state index contributed by atoms with van der Waals surface area (Å²) in [5, 5.41) is 16.0. The number of likely N-dealkylation sites (tertiary alicyclic amines) is 1. The van der Waals surface area contributed by atoms with Gasteiger partial charge in [0.15, 0.2) is 5.58 Å². The summed E-state index contributed by atoms with van der Waals surface area (Å²) in [4.78, 5) is 4.76. The van der Waals surface area contributed by atoms with Gasteiger partial charge in [-0.1, -0.05) is 18.0 Å². The van der Waals surface area contributed by atoms with E-state index in [1.165, 1.54) is 64.5 Å². The van der Waals surface area contributed by atoms with Crippen LogP contribution in [0.3, 0.4) is 0 Å². The van der Waals surface area contributed by atoms with Gasteiger partial charge in [-0.3, -0.25) is 0 Å². The highest BCUT2D eigenvalue weighted by Crippen LogP contribution is 2.35. The molecule has 0 radical (unpaired) electrons. The second kappa shape index (κ2) is 11.0. The van der Waals surface area contributed by atoms with Crippen molar-refractivity contribution in [2.75, 3.05) is 40.3 Å². The van der Waals surface area contributed by atoms with Gasteiger partial charge >= 0.3 is 0 Å². The van der Waals surface area contributed by atoms with E-state index in [0.717, 1.165) is 72.3 Å². The Kier molecular flexibility index (Phi) is 7.77. The third-order valence-electron chi connectivity index (χ3n) is 8.28. The maximum Gasteiger partial charge on any atom is 0.175 e. The Labute approximate surface area is 204 Å². The van der Waals surface area contributed by atoms with Crippen LogP contribution in [0.5, 0.6) is 5.75 Å². The van der Waals surface area contributed by atoms with Crippen molar-refractivity contribution in [2.24, 2.45) is 17.8 Å². The average Bonchev–Trinajstić information content (AvgIpc) is 3.57. The van der Waals surface area contributed by atoms with Gasteiger partial charge in [0.05, 0.1) is 24.0 Å². The number of piperidine rings is 1. The minimum Gasteiger partial charge on any atom is -0.493 e. The largest absolute Gasteiger partial charge is 0.493 e. The SMILES string of the molecule is CN(C)Cc1c(OCC2CC2)ccc2c(CCC3CCN(C[C@@H]4CCCC[C@H]4O)CC3)noc12. The summed E-state index contributed by atoms with van der Waals surface area (Å²) >= 11 is 0. The zero-order valence-electron chi connectivity index (χ0n) is 21.2. The topological polar surface area (TPSA) is 62.0 Å². The standard InChI is InChI=1S/C28H43N3O3/c1-30(2)18-24-27(33-19-21-7-8-21)12-10-23-25(29-34-28(23)24)11-9-20-13-15-31(16-14-20)17-22-5-3-4-6-26(22)32/h10,12,20-22,26,32H,3-9,11,13-19H2,1-2H3/t22-,26+/m0/s1. The van der Waals surface area contributed by atoms with Crippen LogP contribution in [0.2, 0.25) is 0 Å². The molecule has 188 valence electrons. The predicted molar refractivity (Wildman–Crippen MR) is 135 cm³/mol. The Bertz CT molecular complexity index is 930. The first-order valence-corrected chi connectivity index (χ1v) is 13.6. The monoisotopic (exact) mass is 469 g/mol. The Hall–Kier alpha value is -1.63. The van der Waals surface area contributed by atoms with E-state index in [-0.39, 0.29) is 6.10 Å². The van der Waals surface area contributed by atoms with E-state index in [1.807, 2.05) is 0 Å². The summed E-state index contributed by atoms with van der Waals surface area (Å²) in [5.74, 6) is 2.92. The van der Waals surface area contributed by atoms with Crippen molar-refractivity contribution in [1.82, 2.24) is 15.0 Å². The summed E-state index contributed by atoms with van der Waals surface area (Å²) in [6.45, 7) is 5.03. The lowest BCUT2D eigenvalue weighted by Gasteiger charge is -2.37. The molecule has 3 aliphatic rings. The zero-order chi connectivity index (χ0) is 23.5. The van der Waals surface area contributed by atoms with Gasteiger partial charge in [0.2, 0.25) is 0 Å². The zero-order valence-corrected chi connectivity index (χ0v) is 21.2. The summed E-state index contributed by atoms with van der Waals surface area (Å²) in [7, 11) is 4.17. The molecule has 6 heteroatoms. The third-order valence-corrected chi connectivity index (χ3v) is 8.28. The molecule has 1 N–H and O–H groups in total. The summed E-state index contributed by atoms with van der Waals surface area (Å²) in [6, 6.07) is 4.28. The number of fused-ring (bicyclic) bond motifs is 1. The molecular formula is C28H43N3O3. The molecule has 0 bridgehead atoms. The van der Waals surface area contributed by atoms with E-state index in [9.17, 15) is 5.11 Å². The Morgan fingerprint density at radius 2 is 1.85 bits per heavy atom. The van der Waals surface area contributed by atoms with Gasteiger partial charge in [-0.25, -0.2) is 0 Å². The predicted octanol–water partition coefficient (Wildman–Crippen LogP) is 4.87. The molecule has 0 unspecified atom stereocenters. The fourth-order valence-electron chi connectivity index (χ4n) is 5.90. The van der Waals surface area contributed by atoms with Gasteiger partial charge in [0.1, 0.15) is 5.75 Å². The quantitative estimate of drug-likeness (QED) is 0.535.